The standard InChI is InChI=1S/C17H23FN2O3/c1-12(20-8-4-7-17(20)22)9-16(21)19-11-13(2)23-15-6-3-5-14(18)10-15/h3,5-6,10,12-13H,4,7-9,11H2,1-2H3,(H,19,21). The zero-order chi connectivity index (χ0) is 16.8. The highest BCUT2D eigenvalue weighted by Crippen LogP contribution is 2.16. The number of halogens is 1. The van der Waals surface area contributed by atoms with Gasteiger partial charge in [-0.05, 0) is 32.4 Å². The second-order valence-electron chi connectivity index (χ2n) is 5.93. The maximum Gasteiger partial charge on any atom is 0.222 e. The van der Waals surface area contributed by atoms with Crippen molar-refractivity contribution in [2.75, 3.05) is 13.1 Å². The Balaban J connectivity index is 1.72. The van der Waals surface area contributed by atoms with Gasteiger partial charge in [-0.15, -0.1) is 0 Å². The Morgan fingerprint density at radius 1 is 1.43 bits per heavy atom. The molecule has 0 aromatic heterocycles. The number of benzene rings is 1. The summed E-state index contributed by atoms with van der Waals surface area (Å²) < 4.78 is 18.6. The van der Waals surface area contributed by atoms with Gasteiger partial charge in [-0.25, -0.2) is 4.39 Å². The lowest BCUT2D eigenvalue weighted by Crippen LogP contribution is -2.40. The van der Waals surface area contributed by atoms with Crippen LogP contribution in [0.1, 0.15) is 33.1 Å². The molecule has 1 aromatic carbocycles. The monoisotopic (exact) mass is 322 g/mol. The van der Waals surface area contributed by atoms with Crippen molar-refractivity contribution in [1.29, 1.82) is 0 Å². The molecular formula is C17H23FN2O3. The number of hydrogen-bond acceptors (Lipinski definition) is 3. The third kappa shape index (κ3) is 5.23. The molecule has 0 radical (unpaired) electrons. The average molecular weight is 322 g/mol. The molecule has 23 heavy (non-hydrogen) atoms. The van der Waals surface area contributed by atoms with Gasteiger partial charge in [0.1, 0.15) is 17.7 Å². The Hall–Kier alpha value is -2.11. The summed E-state index contributed by atoms with van der Waals surface area (Å²) in [6, 6.07) is 5.80. The maximum absolute atomic E-state index is 13.1. The number of carbonyl (C=O) groups excluding carboxylic acids is 2. The maximum atomic E-state index is 13.1. The van der Waals surface area contributed by atoms with Crippen LogP contribution in [0.2, 0.25) is 0 Å². The smallest absolute Gasteiger partial charge is 0.222 e. The normalized spacial score (nSPS) is 17.0. The second kappa shape index (κ2) is 7.94. The van der Waals surface area contributed by atoms with Crippen LogP contribution >= 0.6 is 0 Å². The molecule has 5 nitrogen and oxygen atoms in total. The van der Waals surface area contributed by atoms with E-state index in [-0.39, 0.29) is 36.2 Å². The summed E-state index contributed by atoms with van der Waals surface area (Å²) >= 11 is 0. The topological polar surface area (TPSA) is 58.6 Å². The Bertz CT molecular complexity index is 565. The minimum absolute atomic E-state index is 0.0931. The second-order valence-corrected chi connectivity index (χ2v) is 5.93. The van der Waals surface area contributed by atoms with E-state index >= 15 is 0 Å². The molecule has 0 aliphatic carbocycles. The first-order valence-electron chi connectivity index (χ1n) is 7.94. The van der Waals surface area contributed by atoms with Crippen molar-refractivity contribution in [3.63, 3.8) is 0 Å². The lowest BCUT2D eigenvalue weighted by Gasteiger charge is -2.24. The van der Waals surface area contributed by atoms with Crippen molar-refractivity contribution < 1.29 is 18.7 Å². The zero-order valence-corrected chi connectivity index (χ0v) is 13.5. The molecule has 0 saturated carbocycles. The van der Waals surface area contributed by atoms with Crippen LogP contribution in [0.4, 0.5) is 4.39 Å². The fourth-order valence-electron chi connectivity index (χ4n) is 2.66. The summed E-state index contributed by atoms with van der Waals surface area (Å²) in [4.78, 5) is 25.4. The third-order valence-corrected chi connectivity index (χ3v) is 3.84. The van der Waals surface area contributed by atoms with Crippen LogP contribution in [-0.2, 0) is 9.59 Å². The van der Waals surface area contributed by atoms with Crippen LogP contribution in [0.5, 0.6) is 5.75 Å². The molecule has 2 rings (SSSR count). The first kappa shape index (κ1) is 17.2. The van der Waals surface area contributed by atoms with Gasteiger partial charge in [-0.1, -0.05) is 6.07 Å². The van der Waals surface area contributed by atoms with E-state index in [2.05, 4.69) is 5.32 Å². The number of rotatable bonds is 7. The average Bonchev–Trinajstić information content (AvgIpc) is 2.91. The molecule has 0 bridgehead atoms. The van der Waals surface area contributed by atoms with Gasteiger partial charge in [0.25, 0.3) is 0 Å². The van der Waals surface area contributed by atoms with E-state index in [1.165, 1.54) is 12.1 Å². The van der Waals surface area contributed by atoms with E-state index in [4.69, 9.17) is 4.74 Å². The van der Waals surface area contributed by atoms with E-state index in [0.717, 1.165) is 13.0 Å². The van der Waals surface area contributed by atoms with Crippen molar-refractivity contribution in [3.8, 4) is 5.75 Å². The predicted molar refractivity (Wildman–Crippen MR) is 84.5 cm³/mol. The zero-order valence-electron chi connectivity index (χ0n) is 13.5. The van der Waals surface area contributed by atoms with Crippen LogP contribution in [0.25, 0.3) is 0 Å². The van der Waals surface area contributed by atoms with E-state index in [0.29, 0.717) is 18.7 Å². The van der Waals surface area contributed by atoms with Gasteiger partial charge in [0, 0.05) is 31.5 Å². The Kier molecular flexibility index (Phi) is 5.96. The summed E-state index contributed by atoms with van der Waals surface area (Å²) in [5.41, 5.74) is 0. The van der Waals surface area contributed by atoms with E-state index < -0.39 is 0 Å². The van der Waals surface area contributed by atoms with Crippen LogP contribution in [0, 0.1) is 5.82 Å². The van der Waals surface area contributed by atoms with Gasteiger partial charge in [0.15, 0.2) is 0 Å². The lowest BCUT2D eigenvalue weighted by molar-refractivity contribution is -0.130. The Morgan fingerprint density at radius 2 is 2.22 bits per heavy atom. The van der Waals surface area contributed by atoms with Crippen LogP contribution in [0.15, 0.2) is 24.3 Å². The number of hydrogen-bond donors (Lipinski definition) is 1. The summed E-state index contributed by atoms with van der Waals surface area (Å²) in [6.45, 7) is 4.75. The minimum atomic E-state index is -0.358. The molecule has 1 fully saturated rings. The van der Waals surface area contributed by atoms with Gasteiger partial charge < -0.3 is 15.0 Å². The summed E-state index contributed by atoms with van der Waals surface area (Å²) in [5.74, 6) is 0.0746. The summed E-state index contributed by atoms with van der Waals surface area (Å²) in [5, 5.41) is 2.79. The highest BCUT2D eigenvalue weighted by atomic mass is 19.1. The minimum Gasteiger partial charge on any atom is -0.489 e. The van der Waals surface area contributed by atoms with Crippen molar-refractivity contribution in [1.82, 2.24) is 10.2 Å². The molecule has 1 N–H and O–H groups in total. The van der Waals surface area contributed by atoms with Gasteiger partial charge in [-0.2, -0.15) is 0 Å². The Morgan fingerprint density at radius 3 is 2.87 bits per heavy atom. The largest absolute Gasteiger partial charge is 0.489 e. The first-order valence-corrected chi connectivity index (χ1v) is 7.94. The molecule has 1 saturated heterocycles. The molecule has 0 spiro atoms. The molecule has 6 heteroatoms. The summed E-state index contributed by atoms with van der Waals surface area (Å²) in [7, 11) is 0. The molecule has 1 aliphatic rings. The van der Waals surface area contributed by atoms with E-state index in [1.54, 1.807) is 24.0 Å². The quantitative estimate of drug-likeness (QED) is 0.836. The number of carbonyl (C=O) groups is 2. The van der Waals surface area contributed by atoms with Gasteiger partial charge in [0.05, 0.1) is 6.54 Å². The van der Waals surface area contributed by atoms with Crippen molar-refractivity contribution in [2.45, 2.75) is 45.3 Å². The van der Waals surface area contributed by atoms with Gasteiger partial charge >= 0.3 is 0 Å². The lowest BCUT2D eigenvalue weighted by atomic mass is 10.2. The first-order chi connectivity index (χ1) is 11.0. The van der Waals surface area contributed by atoms with Crippen LogP contribution in [-0.4, -0.2) is 41.9 Å². The number of ether oxygens (including phenoxy) is 1. The van der Waals surface area contributed by atoms with Crippen molar-refractivity contribution in [2.24, 2.45) is 0 Å². The van der Waals surface area contributed by atoms with Gasteiger partial charge in [-0.3, -0.25) is 9.59 Å². The fraction of sp³-hybridized carbons (Fsp3) is 0.529. The summed E-state index contributed by atoms with van der Waals surface area (Å²) in [6.07, 6.45) is 1.44. The van der Waals surface area contributed by atoms with Gasteiger partial charge in [0.2, 0.25) is 11.8 Å². The molecule has 2 amide bonds. The van der Waals surface area contributed by atoms with E-state index in [9.17, 15) is 14.0 Å². The van der Waals surface area contributed by atoms with Crippen molar-refractivity contribution in [3.05, 3.63) is 30.1 Å². The molecule has 126 valence electrons. The molecule has 1 aliphatic heterocycles. The number of amides is 2. The highest BCUT2D eigenvalue weighted by Gasteiger charge is 2.26. The fourth-order valence-corrected chi connectivity index (χ4v) is 2.66. The SMILES string of the molecule is CC(CNC(=O)CC(C)N1CCCC1=O)Oc1cccc(F)c1. The molecule has 2 unspecified atom stereocenters. The predicted octanol–water partition coefficient (Wildman–Crippen LogP) is 2.11. The molecular weight excluding hydrogens is 299 g/mol. The molecule has 1 heterocycles. The highest BCUT2D eigenvalue weighted by molar-refractivity contribution is 5.80. The Labute approximate surface area is 135 Å². The van der Waals surface area contributed by atoms with Crippen molar-refractivity contribution >= 4 is 11.8 Å². The number of nitrogens with zero attached hydrogens (tertiary/aromatic N) is 1. The third-order valence-electron chi connectivity index (χ3n) is 3.84. The van der Waals surface area contributed by atoms with E-state index in [1.807, 2.05) is 6.92 Å². The number of nitrogens with one attached hydrogen (secondary N) is 1. The molecule has 1 aromatic rings. The molecule has 2 atom stereocenters. The van der Waals surface area contributed by atoms with Crippen LogP contribution < -0.4 is 10.1 Å². The van der Waals surface area contributed by atoms with Crippen LogP contribution in [0.3, 0.4) is 0 Å². The number of likely N-dealkylation sites (tertiary alicyclic amines) is 1.